The van der Waals surface area contributed by atoms with Gasteiger partial charge in [0.2, 0.25) is 5.91 Å². The summed E-state index contributed by atoms with van der Waals surface area (Å²) in [5, 5.41) is 0. The zero-order valence-corrected chi connectivity index (χ0v) is 12.6. The van der Waals surface area contributed by atoms with Crippen molar-refractivity contribution in [2.24, 2.45) is 0 Å². The number of imidazole rings is 1. The summed E-state index contributed by atoms with van der Waals surface area (Å²) in [7, 11) is 0. The van der Waals surface area contributed by atoms with Crippen molar-refractivity contribution in [1.29, 1.82) is 0 Å². The molecule has 1 fully saturated rings. The van der Waals surface area contributed by atoms with E-state index in [-0.39, 0.29) is 17.8 Å². The van der Waals surface area contributed by atoms with E-state index in [0.29, 0.717) is 0 Å². The second-order valence-electron chi connectivity index (χ2n) is 5.14. The molecule has 0 bridgehead atoms. The minimum absolute atomic E-state index is 0.0230. The maximum absolute atomic E-state index is 11.9. The largest absolute Gasteiger partial charge is 0.333 e. The molecule has 0 aromatic carbocycles. The first-order chi connectivity index (χ1) is 10.2. The summed E-state index contributed by atoms with van der Waals surface area (Å²) < 4.78 is 1.94. The molecule has 110 valence electrons. The number of carbonyl (C=O) groups excluding carboxylic acids is 1. The Hall–Kier alpha value is -1.88. The molecule has 0 radical (unpaired) electrons. The van der Waals surface area contributed by atoms with E-state index in [1.165, 1.54) is 0 Å². The standard InChI is InChI=1S/C15H17ClN4O/c1-11-17-7-9-19(11)14-6-2-4-12(18-14)13-5-3-8-20(13)15(21)10-16/h2,4,6-7,9,13H,3,5,8,10H2,1H3. The predicted octanol–water partition coefficient (Wildman–Crippen LogP) is 2.48. The lowest BCUT2D eigenvalue weighted by atomic mass is 10.1. The van der Waals surface area contributed by atoms with Crippen LogP contribution in [0.1, 0.15) is 30.4 Å². The van der Waals surface area contributed by atoms with Crippen molar-refractivity contribution >= 4 is 17.5 Å². The van der Waals surface area contributed by atoms with Gasteiger partial charge in [-0.3, -0.25) is 9.36 Å². The third kappa shape index (κ3) is 2.65. The predicted molar refractivity (Wildman–Crippen MR) is 80.5 cm³/mol. The molecule has 0 saturated carbocycles. The molecule has 0 N–H and O–H groups in total. The lowest BCUT2D eigenvalue weighted by Crippen LogP contribution is -2.31. The Bertz CT molecular complexity index is 655. The number of carbonyl (C=O) groups is 1. The number of aryl methyl sites for hydroxylation is 1. The van der Waals surface area contributed by atoms with E-state index >= 15 is 0 Å². The molecule has 6 heteroatoms. The lowest BCUT2D eigenvalue weighted by Gasteiger charge is -2.23. The SMILES string of the molecule is Cc1nccn1-c1cccc(C2CCCN2C(=O)CCl)n1. The number of amides is 1. The minimum Gasteiger partial charge on any atom is -0.333 e. The van der Waals surface area contributed by atoms with E-state index < -0.39 is 0 Å². The molecule has 1 aliphatic heterocycles. The summed E-state index contributed by atoms with van der Waals surface area (Å²) in [6, 6.07) is 5.92. The Morgan fingerprint density at radius 1 is 1.48 bits per heavy atom. The number of alkyl halides is 1. The monoisotopic (exact) mass is 304 g/mol. The van der Waals surface area contributed by atoms with Crippen LogP contribution >= 0.6 is 11.6 Å². The fourth-order valence-electron chi connectivity index (χ4n) is 2.83. The highest BCUT2D eigenvalue weighted by atomic mass is 35.5. The quantitative estimate of drug-likeness (QED) is 0.819. The molecule has 1 saturated heterocycles. The van der Waals surface area contributed by atoms with Crippen LogP contribution in [-0.2, 0) is 4.79 Å². The van der Waals surface area contributed by atoms with Gasteiger partial charge in [0.1, 0.15) is 17.5 Å². The van der Waals surface area contributed by atoms with E-state index in [2.05, 4.69) is 4.98 Å². The Labute approximate surface area is 128 Å². The van der Waals surface area contributed by atoms with Gasteiger partial charge >= 0.3 is 0 Å². The van der Waals surface area contributed by atoms with Gasteiger partial charge in [0, 0.05) is 18.9 Å². The Kier molecular flexibility index (Phi) is 3.92. The second kappa shape index (κ2) is 5.85. The van der Waals surface area contributed by atoms with Crippen molar-refractivity contribution in [3.8, 4) is 5.82 Å². The van der Waals surface area contributed by atoms with Crippen LogP contribution in [0.2, 0.25) is 0 Å². The summed E-state index contributed by atoms with van der Waals surface area (Å²) in [4.78, 5) is 22.7. The average Bonchev–Trinajstić information content (AvgIpc) is 3.15. The summed E-state index contributed by atoms with van der Waals surface area (Å²) >= 11 is 5.69. The van der Waals surface area contributed by atoms with E-state index in [1.54, 1.807) is 6.20 Å². The molecule has 3 heterocycles. The van der Waals surface area contributed by atoms with Gasteiger partial charge < -0.3 is 4.90 Å². The number of nitrogens with zero attached hydrogens (tertiary/aromatic N) is 4. The highest BCUT2D eigenvalue weighted by Gasteiger charge is 2.30. The van der Waals surface area contributed by atoms with Crippen molar-refractivity contribution in [3.05, 3.63) is 42.1 Å². The minimum atomic E-state index is -0.0230. The van der Waals surface area contributed by atoms with Gasteiger partial charge in [0.15, 0.2) is 0 Å². The molecule has 1 atom stereocenters. The maximum atomic E-state index is 11.9. The van der Waals surface area contributed by atoms with Crippen LogP contribution in [0.4, 0.5) is 0 Å². The van der Waals surface area contributed by atoms with E-state index in [0.717, 1.165) is 36.7 Å². The van der Waals surface area contributed by atoms with Crippen LogP contribution in [0, 0.1) is 6.92 Å². The highest BCUT2D eigenvalue weighted by Crippen LogP contribution is 2.31. The topological polar surface area (TPSA) is 51.0 Å². The van der Waals surface area contributed by atoms with Crippen LogP contribution in [0.15, 0.2) is 30.6 Å². The zero-order chi connectivity index (χ0) is 14.8. The molecule has 0 aliphatic carbocycles. The number of hydrogen-bond acceptors (Lipinski definition) is 3. The van der Waals surface area contributed by atoms with E-state index in [9.17, 15) is 4.79 Å². The molecule has 3 rings (SSSR count). The maximum Gasteiger partial charge on any atom is 0.238 e. The lowest BCUT2D eigenvalue weighted by molar-refractivity contribution is -0.129. The molecule has 2 aromatic rings. The number of pyridine rings is 1. The summed E-state index contributed by atoms with van der Waals surface area (Å²) in [5.41, 5.74) is 0.913. The fraction of sp³-hybridized carbons (Fsp3) is 0.400. The fourth-order valence-corrected chi connectivity index (χ4v) is 2.98. The number of aromatic nitrogens is 3. The first-order valence-corrected chi connectivity index (χ1v) is 7.57. The third-order valence-electron chi connectivity index (χ3n) is 3.86. The molecule has 21 heavy (non-hydrogen) atoms. The average molecular weight is 305 g/mol. The van der Waals surface area contributed by atoms with Crippen LogP contribution in [0.5, 0.6) is 0 Å². The summed E-state index contributed by atoms with van der Waals surface area (Å²) in [5.74, 6) is 1.72. The second-order valence-corrected chi connectivity index (χ2v) is 5.41. The van der Waals surface area contributed by atoms with Crippen LogP contribution < -0.4 is 0 Å². The van der Waals surface area contributed by atoms with Crippen molar-refractivity contribution in [3.63, 3.8) is 0 Å². The van der Waals surface area contributed by atoms with Gasteiger partial charge in [-0.05, 0) is 31.9 Å². The molecule has 1 amide bonds. The Balaban J connectivity index is 1.93. The van der Waals surface area contributed by atoms with Crippen molar-refractivity contribution in [2.45, 2.75) is 25.8 Å². The molecular weight excluding hydrogens is 288 g/mol. The Morgan fingerprint density at radius 3 is 3.05 bits per heavy atom. The molecule has 2 aromatic heterocycles. The van der Waals surface area contributed by atoms with Gasteiger partial charge in [-0.1, -0.05) is 6.07 Å². The third-order valence-corrected chi connectivity index (χ3v) is 4.09. The van der Waals surface area contributed by atoms with Gasteiger partial charge in [-0.2, -0.15) is 0 Å². The van der Waals surface area contributed by atoms with Crippen molar-refractivity contribution < 1.29 is 4.79 Å². The number of hydrogen-bond donors (Lipinski definition) is 0. The van der Waals surface area contributed by atoms with Crippen molar-refractivity contribution in [1.82, 2.24) is 19.4 Å². The molecule has 1 unspecified atom stereocenters. The van der Waals surface area contributed by atoms with Gasteiger partial charge in [-0.25, -0.2) is 9.97 Å². The molecule has 5 nitrogen and oxygen atoms in total. The molecule has 1 aliphatic rings. The van der Waals surface area contributed by atoms with Crippen LogP contribution in [-0.4, -0.2) is 37.8 Å². The van der Waals surface area contributed by atoms with E-state index in [1.807, 2.05) is 40.8 Å². The highest BCUT2D eigenvalue weighted by molar-refractivity contribution is 6.27. The zero-order valence-electron chi connectivity index (χ0n) is 11.9. The molecule has 0 spiro atoms. The smallest absolute Gasteiger partial charge is 0.238 e. The Morgan fingerprint density at radius 2 is 2.33 bits per heavy atom. The van der Waals surface area contributed by atoms with Crippen LogP contribution in [0.3, 0.4) is 0 Å². The first kappa shape index (κ1) is 14.1. The normalized spacial score (nSPS) is 18.2. The van der Waals surface area contributed by atoms with Crippen LogP contribution in [0.25, 0.3) is 5.82 Å². The van der Waals surface area contributed by atoms with Crippen molar-refractivity contribution in [2.75, 3.05) is 12.4 Å². The molecular formula is C15H17ClN4O. The summed E-state index contributed by atoms with van der Waals surface area (Å²) in [6.07, 6.45) is 5.56. The number of likely N-dealkylation sites (tertiary alicyclic amines) is 1. The van der Waals surface area contributed by atoms with E-state index in [4.69, 9.17) is 16.6 Å². The number of rotatable bonds is 3. The van der Waals surface area contributed by atoms with Gasteiger partial charge in [-0.15, -0.1) is 11.6 Å². The number of halogens is 1. The first-order valence-electron chi connectivity index (χ1n) is 7.03. The van der Waals surface area contributed by atoms with Gasteiger partial charge in [0.25, 0.3) is 0 Å². The van der Waals surface area contributed by atoms with Gasteiger partial charge in [0.05, 0.1) is 11.7 Å². The summed E-state index contributed by atoms with van der Waals surface area (Å²) in [6.45, 7) is 2.69.